The lowest BCUT2D eigenvalue weighted by Gasteiger charge is -2.39. The molecule has 3 aromatic rings. The van der Waals surface area contributed by atoms with E-state index in [1.165, 1.54) is 18.7 Å². The van der Waals surface area contributed by atoms with E-state index in [1.807, 2.05) is 6.07 Å². The average Bonchev–Trinajstić information content (AvgIpc) is 3.05. The van der Waals surface area contributed by atoms with Gasteiger partial charge in [0.25, 0.3) is 5.91 Å². The molecule has 2 fully saturated rings. The number of sulfonamides is 1. The molecular formula is C26H29N3O4S. The Bertz CT molecular complexity index is 1310. The number of benzene rings is 3. The number of ether oxygens (including phenoxy) is 1. The molecule has 2 heterocycles. The van der Waals surface area contributed by atoms with Gasteiger partial charge in [0.1, 0.15) is 5.75 Å². The highest BCUT2D eigenvalue weighted by atomic mass is 32.2. The Morgan fingerprint density at radius 3 is 2.26 bits per heavy atom. The van der Waals surface area contributed by atoms with E-state index in [2.05, 4.69) is 34.5 Å². The van der Waals surface area contributed by atoms with Crippen molar-refractivity contribution in [2.75, 3.05) is 7.11 Å². The summed E-state index contributed by atoms with van der Waals surface area (Å²) in [5, 5.41) is 9.62. The minimum absolute atomic E-state index is 0.0196. The first kappa shape index (κ1) is 22.8. The molecule has 8 heteroatoms. The first-order valence-electron chi connectivity index (χ1n) is 11.6. The van der Waals surface area contributed by atoms with Crippen LogP contribution in [0.1, 0.15) is 41.6 Å². The van der Waals surface area contributed by atoms with Crippen molar-refractivity contribution in [1.29, 1.82) is 0 Å². The Kier molecular flexibility index (Phi) is 6.06. The van der Waals surface area contributed by atoms with Crippen LogP contribution >= 0.6 is 0 Å². The van der Waals surface area contributed by atoms with E-state index < -0.39 is 10.0 Å². The summed E-state index contributed by atoms with van der Waals surface area (Å²) in [6.45, 7) is 0.924. The maximum atomic E-state index is 13.4. The highest BCUT2D eigenvalue weighted by Crippen LogP contribution is 2.38. The Hall–Kier alpha value is -2.94. The van der Waals surface area contributed by atoms with Gasteiger partial charge in [-0.3, -0.25) is 9.69 Å². The third kappa shape index (κ3) is 4.29. The second kappa shape index (κ2) is 9.02. The number of carbonyl (C=O) groups excluding carboxylic acids is 1. The molecule has 0 saturated carbocycles. The van der Waals surface area contributed by atoms with Gasteiger partial charge in [-0.2, -0.15) is 0 Å². The standard InChI is InChI=1S/C26H29N3O4S/c1-33-25-22-10-6-5-9-21(22)24(34(27,31)32)15-23(25)26(30)28-18-13-19-11-12-20(14-18)29(19)16-17-7-3-2-4-8-17/h2-10,15,18-20H,11-14,16H2,1H3,(H,28,30)(H2,27,31,32). The number of nitrogens with two attached hydrogens (primary N) is 1. The van der Waals surface area contributed by atoms with Gasteiger partial charge in [0.2, 0.25) is 10.0 Å². The number of methoxy groups -OCH3 is 1. The second-order valence-electron chi connectivity index (χ2n) is 9.23. The molecule has 2 aliphatic heterocycles. The maximum absolute atomic E-state index is 13.4. The van der Waals surface area contributed by atoms with Crippen molar-refractivity contribution in [1.82, 2.24) is 10.2 Å². The number of primary sulfonamides is 1. The number of carbonyl (C=O) groups is 1. The summed E-state index contributed by atoms with van der Waals surface area (Å²) < 4.78 is 30.2. The largest absolute Gasteiger partial charge is 0.495 e. The molecule has 3 N–H and O–H groups in total. The number of nitrogens with zero attached hydrogens (tertiary/aromatic N) is 1. The molecule has 2 saturated heterocycles. The summed E-state index contributed by atoms with van der Waals surface area (Å²) in [6.07, 6.45) is 3.98. The third-order valence-electron chi connectivity index (χ3n) is 7.14. The maximum Gasteiger partial charge on any atom is 0.255 e. The lowest BCUT2D eigenvalue weighted by molar-refractivity contribution is 0.0825. The summed E-state index contributed by atoms with van der Waals surface area (Å²) in [5.41, 5.74) is 1.49. The van der Waals surface area contributed by atoms with E-state index in [0.29, 0.717) is 28.6 Å². The van der Waals surface area contributed by atoms with Crippen LogP contribution in [0.5, 0.6) is 5.75 Å². The minimum Gasteiger partial charge on any atom is -0.495 e. The number of nitrogens with one attached hydrogen (secondary N) is 1. The Labute approximate surface area is 199 Å². The Morgan fingerprint density at radius 1 is 1.03 bits per heavy atom. The number of fused-ring (bicyclic) bond motifs is 3. The molecule has 2 aliphatic rings. The van der Waals surface area contributed by atoms with Crippen LogP contribution in [0.25, 0.3) is 10.8 Å². The summed E-state index contributed by atoms with van der Waals surface area (Å²) in [4.78, 5) is 15.9. The summed E-state index contributed by atoms with van der Waals surface area (Å²) >= 11 is 0. The van der Waals surface area contributed by atoms with Crippen molar-refractivity contribution < 1.29 is 17.9 Å². The van der Waals surface area contributed by atoms with Gasteiger partial charge >= 0.3 is 0 Å². The van der Waals surface area contributed by atoms with Crippen LogP contribution in [0.2, 0.25) is 0 Å². The Morgan fingerprint density at radius 2 is 1.65 bits per heavy atom. The van der Waals surface area contributed by atoms with Gasteiger partial charge in [0.15, 0.2) is 0 Å². The number of amides is 1. The summed E-state index contributed by atoms with van der Waals surface area (Å²) in [5.74, 6) is 0.0124. The molecule has 0 radical (unpaired) electrons. The number of rotatable bonds is 6. The van der Waals surface area contributed by atoms with Crippen molar-refractivity contribution >= 4 is 26.7 Å². The van der Waals surface area contributed by atoms with Crippen LogP contribution in [0.15, 0.2) is 65.6 Å². The summed E-state index contributed by atoms with van der Waals surface area (Å²) in [7, 11) is -2.55. The van der Waals surface area contributed by atoms with Gasteiger partial charge in [0, 0.05) is 35.4 Å². The zero-order valence-corrected chi connectivity index (χ0v) is 19.9. The molecule has 0 spiro atoms. The van der Waals surface area contributed by atoms with Gasteiger partial charge in [-0.15, -0.1) is 0 Å². The van der Waals surface area contributed by atoms with Crippen molar-refractivity contribution in [3.05, 3.63) is 71.8 Å². The van der Waals surface area contributed by atoms with Crippen molar-refractivity contribution in [2.24, 2.45) is 5.14 Å². The normalized spacial score (nSPS) is 22.6. The van der Waals surface area contributed by atoms with Gasteiger partial charge in [0.05, 0.1) is 17.6 Å². The smallest absolute Gasteiger partial charge is 0.255 e. The zero-order chi connectivity index (χ0) is 23.9. The lowest BCUT2D eigenvalue weighted by atomic mass is 9.96. The van der Waals surface area contributed by atoms with E-state index in [0.717, 1.165) is 32.2 Å². The fourth-order valence-electron chi connectivity index (χ4n) is 5.65. The molecule has 2 bridgehead atoms. The van der Waals surface area contributed by atoms with E-state index in [4.69, 9.17) is 9.88 Å². The molecule has 178 valence electrons. The van der Waals surface area contributed by atoms with E-state index in [9.17, 15) is 13.2 Å². The van der Waals surface area contributed by atoms with Crippen LogP contribution < -0.4 is 15.2 Å². The van der Waals surface area contributed by atoms with Gasteiger partial charge < -0.3 is 10.1 Å². The zero-order valence-electron chi connectivity index (χ0n) is 19.1. The van der Waals surface area contributed by atoms with Gasteiger partial charge in [-0.1, -0.05) is 54.6 Å². The minimum atomic E-state index is -4.03. The molecule has 5 rings (SSSR count). The predicted octanol–water partition coefficient (Wildman–Crippen LogP) is 3.42. The fourth-order valence-corrected chi connectivity index (χ4v) is 6.41. The SMILES string of the molecule is COc1c(C(=O)NC2CC3CCC(C2)N3Cc2ccccc2)cc(S(N)(=O)=O)c2ccccc12. The van der Waals surface area contributed by atoms with Crippen molar-refractivity contribution in [2.45, 2.75) is 55.2 Å². The first-order chi connectivity index (χ1) is 16.3. The molecule has 34 heavy (non-hydrogen) atoms. The average molecular weight is 480 g/mol. The second-order valence-corrected chi connectivity index (χ2v) is 10.8. The number of hydrogen-bond donors (Lipinski definition) is 2. The first-order valence-corrected chi connectivity index (χ1v) is 13.1. The van der Waals surface area contributed by atoms with Crippen LogP contribution in [0.4, 0.5) is 0 Å². The quantitative estimate of drug-likeness (QED) is 0.564. The highest BCUT2D eigenvalue weighted by Gasteiger charge is 2.41. The van der Waals surface area contributed by atoms with Crippen LogP contribution in [0, 0.1) is 0 Å². The molecule has 3 aromatic carbocycles. The molecular weight excluding hydrogens is 450 g/mol. The van der Waals surface area contributed by atoms with Crippen LogP contribution in [-0.2, 0) is 16.6 Å². The van der Waals surface area contributed by atoms with Crippen LogP contribution in [0.3, 0.4) is 0 Å². The molecule has 1 amide bonds. The molecule has 0 aromatic heterocycles. The van der Waals surface area contributed by atoms with E-state index >= 15 is 0 Å². The number of piperidine rings is 1. The van der Waals surface area contributed by atoms with Crippen molar-refractivity contribution in [3.63, 3.8) is 0 Å². The van der Waals surface area contributed by atoms with Gasteiger partial charge in [-0.05, 0) is 37.3 Å². The fraction of sp³-hybridized carbons (Fsp3) is 0.346. The highest BCUT2D eigenvalue weighted by molar-refractivity contribution is 7.89. The van der Waals surface area contributed by atoms with E-state index in [1.54, 1.807) is 24.3 Å². The third-order valence-corrected chi connectivity index (χ3v) is 8.09. The van der Waals surface area contributed by atoms with Crippen LogP contribution in [-0.4, -0.2) is 44.5 Å². The van der Waals surface area contributed by atoms with E-state index in [-0.39, 0.29) is 22.4 Å². The predicted molar refractivity (Wildman–Crippen MR) is 131 cm³/mol. The number of hydrogen-bond acceptors (Lipinski definition) is 5. The lowest BCUT2D eigenvalue weighted by Crippen LogP contribution is -2.50. The topological polar surface area (TPSA) is 102 Å². The monoisotopic (exact) mass is 479 g/mol. The molecule has 2 atom stereocenters. The van der Waals surface area contributed by atoms with Crippen molar-refractivity contribution in [3.8, 4) is 5.75 Å². The molecule has 2 unspecified atom stereocenters. The molecule has 0 aliphatic carbocycles. The van der Waals surface area contributed by atoms with Gasteiger partial charge in [-0.25, -0.2) is 13.6 Å². The molecule has 7 nitrogen and oxygen atoms in total. The Balaban J connectivity index is 1.39. The summed E-state index contributed by atoms with van der Waals surface area (Å²) in [6, 6.07) is 19.6.